The first-order valence-electron chi connectivity index (χ1n) is 7.16. The third-order valence-electron chi connectivity index (χ3n) is 4.75. The molecule has 1 aromatic carbocycles. The average Bonchev–Trinajstić information content (AvgIpc) is 2.98. The van der Waals surface area contributed by atoms with E-state index in [1.54, 1.807) is 6.42 Å². The van der Waals surface area contributed by atoms with E-state index in [-0.39, 0.29) is 0 Å². The van der Waals surface area contributed by atoms with Crippen LogP contribution >= 0.6 is 0 Å². The van der Waals surface area contributed by atoms with Crippen LogP contribution in [0.2, 0.25) is 0 Å². The second kappa shape index (κ2) is 5.22. The lowest BCUT2D eigenvalue weighted by Gasteiger charge is -2.21. The highest BCUT2D eigenvalue weighted by molar-refractivity contribution is 5.14. The molecule has 92 valence electrons. The van der Waals surface area contributed by atoms with Crippen LogP contribution in [-0.4, -0.2) is 6.54 Å². The van der Waals surface area contributed by atoms with E-state index in [4.69, 9.17) is 0 Å². The molecule has 2 fully saturated rings. The molecule has 0 spiro atoms. The SMILES string of the molecule is c1ccc(CNCCC2CC3CCC2C3)cc1. The second-order valence-corrected chi connectivity index (χ2v) is 5.89. The van der Waals surface area contributed by atoms with Gasteiger partial charge in [-0.1, -0.05) is 36.8 Å². The highest BCUT2D eigenvalue weighted by Gasteiger charge is 2.38. The van der Waals surface area contributed by atoms with Crippen molar-refractivity contribution in [1.29, 1.82) is 0 Å². The largest absolute Gasteiger partial charge is 0.313 e. The number of benzene rings is 1. The van der Waals surface area contributed by atoms with Gasteiger partial charge in [-0.15, -0.1) is 0 Å². The Morgan fingerprint density at radius 3 is 2.65 bits per heavy atom. The summed E-state index contributed by atoms with van der Waals surface area (Å²) in [5.41, 5.74) is 1.40. The lowest BCUT2D eigenvalue weighted by atomic mass is 9.86. The van der Waals surface area contributed by atoms with Gasteiger partial charge in [0.05, 0.1) is 0 Å². The fraction of sp³-hybridized carbons (Fsp3) is 0.625. The van der Waals surface area contributed by atoms with Crippen molar-refractivity contribution in [3.8, 4) is 0 Å². The summed E-state index contributed by atoms with van der Waals surface area (Å²) in [6.45, 7) is 2.23. The van der Waals surface area contributed by atoms with E-state index in [0.717, 1.165) is 24.3 Å². The van der Waals surface area contributed by atoms with Crippen molar-refractivity contribution in [3.63, 3.8) is 0 Å². The maximum atomic E-state index is 3.59. The van der Waals surface area contributed by atoms with Crippen molar-refractivity contribution in [1.82, 2.24) is 5.32 Å². The number of rotatable bonds is 5. The highest BCUT2D eigenvalue weighted by Crippen LogP contribution is 2.49. The summed E-state index contributed by atoms with van der Waals surface area (Å²) in [5.74, 6) is 3.22. The number of fused-ring (bicyclic) bond motifs is 2. The molecule has 0 amide bonds. The van der Waals surface area contributed by atoms with Gasteiger partial charge >= 0.3 is 0 Å². The van der Waals surface area contributed by atoms with Crippen LogP contribution in [0.3, 0.4) is 0 Å². The zero-order valence-corrected chi connectivity index (χ0v) is 10.6. The first kappa shape index (κ1) is 11.3. The molecule has 2 saturated carbocycles. The van der Waals surface area contributed by atoms with Gasteiger partial charge in [0.2, 0.25) is 0 Å². The molecule has 3 rings (SSSR count). The average molecular weight is 229 g/mol. The van der Waals surface area contributed by atoms with Crippen molar-refractivity contribution in [2.45, 2.75) is 38.6 Å². The molecule has 1 N–H and O–H groups in total. The Labute approximate surface area is 105 Å². The van der Waals surface area contributed by atoms with Crippen molar-refractivity contribution in [3.05, 3.63) is 35.9 Å². The van der Waals surface area contributed by atoms with E-state index in [1.165, 1.54) is 37.8 Å². The summed E-state index contributed by atoms with van der Waals surface area (Å²) >= 11 is 0. The first-order chi connectivity index (χ1) is 8.42. The molecule has 2 aliphatic rings. The predicted molar refractivity (Wildman–Crippen MR) is 71.7 cm³/mol. The van der Waals surface area contributed by atoms with Crippen molar-refractivity contribution in [2.75, 3.05) is 6.54 Å². The Hall–Kier alpha value is -0.820. The Balaban J connectivity index is 1.36. The standard InChI is InChI=1S/C16H23N/c1-2-4-13(5-3-1)12-17-9-8-16-11-14-6-7-15(16)10-14/h1-5,14-17H,6-12H2. The minimum absolute atomic E-state index is 1.03. The fourth-order valence-electron chi connectivity index (χ4n) is 3.85. The monoisotopic (exact) mass is 229 g/mol. The van der Waals surface area contributed by atoms with Gasteiger partial charge in [-0.05, 0) is 55.5 Å². The molecule has 0 saturated heterocycles. The first-order valence-corrected chi connectivity index (χ1v) is 7.16. The number of hydrogen-bond acceptors (Lipinski definition) is 1. The molecule has 17 heavy (non-hydrogen) atoms. The van der Waals surface area contributed by atoms with Gasteiger partial charge in [0.15, 0.2) is 0 Å². The Morgan fingerprint density at radius 1 is 1.06 bits per heavy atom. The second-order valence-electron chi connectivity index (χ2n) is 5.89. The predicted octanol–water partition coefficient (Wildman–Crippen LogP) is 3.60. The van der Waals surface area contributed by atoms with Gasteiger partial charge in [0.25, 0.3) is 0 Å². The molecule has 3 unspecified atom stereocenters. The Kier molecular flexibility index (Phi) is 3.46. The summed E-state index contributed by atoms with van der Waals surface area (Å²) in [4.78, 5) is 0. The normalized spacial score (nSPS) is 30.9. The van der Waals surface area contributed by atoms with E-state index in [9.17, 15) is 0 Å². The lowest BCUT2D eigenvalue weighted by molar-refractivity contribution is 0.310. The minimum Gasteiger partial charge on any atom is -0.313 e. The van der Waals surface area contributed by atoms with E-state index < -0.39 is 0 Å². The fourth-order valence-corrected chi connectivity index (χ4v) is 3.85. The van der Waals surface area contributed by atoms with E-state index in [2.05, 4.69) is 35.6 Å². The molecular formula is C16H23N. The Morgan fingerprint density at radius 2 is 1.94 bits per heavy atom. The van der Waals surface area contributed by atoms with Gasteiger partial charge < -0.3 is 5.32 Å². The highest BCUT2D eigenvalue weighted by atomic mass is 14.8. The lowest BCUT2D eigenvalue weighted by Crippen LogP contribution is -2.20. The molecular weight excluding hydrogens is 206 g/mol. The van der Waals surface area contributed by atoms with Crippen LogP contribution in [0, 0.1) is 17.8 Å². The maximum Gasteiger partial charge on any atom is 0.0205 e. The van der Waals surface area contributed by atoms with Crippen molar-refractivity contribution >= 4 is 0 Å². The van der Waals surface area contributed by atoms with E-state index >= 15 is 0 Å². The smallest absolute Gasteiger partial charge is 0.0205 e. The molecule has 0 aromatic heterocycles. The van der Waals surface area contributed by atoms with Crippen LogP contribution in [0.1, 0.15) is 37.7 Å². The minimum atomic E-state index is 1.03. The van der Waals surface area contributed by atoms with Crippen LogP contribution in [0.25, 0.3) is 0 Å². The Bertz CT molecular complexity index is 346. The molecule has 2 aliphatic carbocycles. The van der Waals surface area contributed by atoms with Crippen molar-refractivity contribution < 1.29 is 0 Å². The zero-order valence-electron chi connectivity index (χ0n) is 10.6. The third kappa shape index (κ3) is 2.71. The van der Waals surface area contributed by atoms with E-state index in [0.29, 0.717) is 0 Å². The summed E-state index contributed by atoms with van der Waals surface area (Å²) in [6, 6.07) is 10.7. The molecule has 1 heteroatoms. The maximum absolute atomic E-state index is 3.59. The molecule has 3 atom stereocenters. The van der Waals surface area contributed by atoms with Crippen LogP contribution in [0.5, 0.6) is 0 Å². The quantitative estimate of drug-likeness (QED) is 0.761. The molecule has 1 aromatic rings. The van der Waals surface area contributed by atoms with Gasteiger partial charge in [-0.25, -0.2) is 0 Å². The van der Waals surface area contributed by atoms with Crippen LogP contribution < -0.4 is 5.32 Å². The third-order valence-corrected chi connectivity index (χ3v) is 4.75. The molecule has 0 heterocycles. The summed E-state index contributed by atoms with van der Waals surface area (Å²) in [6.07, 6.45) is 7.52. The molecule has 0 radical (unpaired) electrons. The van der Waals surface area contributed by atoms with E-state index in [1.807, 2.05) is 0 Å². The van der Waals surface area contributed by atoms with Gasteiger partial charge in [0.1, 0.15) is 0 Å². The van der Waals surface area contributed by atoms with Gasteiger partial charge in [-0.2, -0.15) is 0 Å². The summed E-state index contributed by atoms with van der Waals surface area (Å²) in [7, 11) is 0. The van der Waals surface area contributed by atoms with Gasteiger partial charge in [-0.3, -0.25) is 0 Å². The molecule has 0 aliphatic heterocycles. The summed E-state index contributed by atoms with van der Waals surface area (Å²) in [5, 5.41) is 3.59. The van der Waals surface area contributed by atoms with Crippen molar-refractivity contribution in [2.24, 2.45) is 17.8 Å². The van der Waals surface area contributed by atoms with Crippen LogP contribution in [-0.2, 0) is 6.54 Å². The van der Waals surface area contributed by atoms with Gasteiger partial charge in [0, 0.05) is 6.54 Å². The van der Waals surface area contributed by atoms with Crippen LogP contribution in [0.4, 0.5) is 0 Å². The zero-order chi connectivity index (χ0) is 11.5. The van der Waals surface area contributed by atoms with Crippen LogP contribution in [0.15, 0.2) is 30.3 Å². The molecule has 2 bridgehead atoms. The topological polar surface area (TPSA) is 12.0 Å². The number of hydrogen-bond donors (Lipinski definition) is 1. The molecule has 1 nitrogen and oxygen atoms in total. The summed E-state index contributed by atoms with van der Waals surface area (Å²) < 4.78 is 0. The number of nitrogens with one attached hydrogen (secondary N) is 1.